The van der Waals surface area contributed by atoms with Crippen LogP contribution in [0.3, 0.4) is 0 Å². The van der Waals surface area contributed by atoms with Crippen LogP contribution in [0.15, 0.2) is 46.1 Å². The van der Waals surface area contributed by atoms with Crippen LogP contribution in [-0.2, 0) is 19.6 Å². The number of esters is 1. The fourth-order valence-corrected chi connectivity index (χ4v) is 3.09. The maximum Gasteiger partial charge on any atom is 0.341 e. The third-order valence-electron chi connectivity index (χ3n) is 3.32. The first-order valence-electron chi connectivity index (χ1n) is 7.24. The quantitative estimate of drug-likeness (QED) is 0.779. The van der Waals surface area contributed by atoms with Crippen molar-refractivity contribution in [2.45, 2.75) is 11.8 Å². The van der Waals surface area contributed by atoms with Gasteiger partial charge in [-0.3, -0.25) is 4.79 Å². The van der Waals surface area contributed by atoms with Crippen LogP contribution in [0, 0.1) is 6.92 Å². The van der Waals surface area contributed by atoms with Gasteiger partial charge in [-0.25, -0.2) is 17.5 Å². The van der Waals surface area contributed by atoms with E-state index in [1.807, 2.05) is 0 Å². The molecule has 1 N–H and O–H groups in total. The first kappa shape index (κ1) is 18.7. The lowest BCUT2D eigenvalue weighted by atomic mass is 10.2. The van der Waals surface area contributed by atoms with Crippen molar-refractivity contribution in [3.63, 3.8) is 0 Å². The molecule has 0 radical (unpaired) electrons. The van der Waals surface area contributed by atoms with Gasteiger partial charge in [0.25, 0.3) is 5.91 Å². The number of amides is 1. The zero-order valence-corrected chi connectivity index (χ0v) is 14.8. The number of carbonyl (C=O) groups excluding carboxylic acids is 2. The van der Waals surface area contributed by atoms with Crippen LogP contribution < -0.4 is 5.32 Å². The molecule has 0 atom stereocenters. The summed E-state index contributed by atoms with van der Waals surface area (Å²) in [5.41, 5.74) is 1.04. The van der Waals surface area contributed by atoms with Crippen LogP contribution in [0.1, 0.15) is 15.9 Å². The summed E-state index contributed by atoms with van der Waals surface area (Å²) in [6.45, 7) is 1.16. The lowest BCUT2D eigenvalue weighted by Gasteiger charge is -2.15. The third kappa shape index (κ3) is 4.46. The predicted octanol–water partition coefficient (Wildman–Crippen LogP) is 1.63. The Morgan fingerprint density at radius 1 is 1.24 bits per heavy atom. The lowest BCUT2D eigenvalue weighted by molar-refractivity contribution is -0.119. The van der Waals surface area contributed by atoms with Gasteiger partial charge in [0.15, 0.2) is 6.61 Å². The average molecular weight is 366 g/mol. The second kappa shape index (κ2) is 7.49. The Hall–Kier alpha value is -2.65. The third-order valence-corrected chi connectivity index (χ3v) is 5.28. The van der Waals surface area contributed by atoms with E-state index in [1.165, 1.54) is 38.8 Å². The predicted molar refractivity (Wildman–Crippen MR) is 89.7 cm³/mol. The minimum Gasteiger partial charge on any atom is -0.472 e. The van der Waals surface area contributed by atoms with Crippen molar-refractivity contribution in [3.8, 4) is 0 Å². The van der Waals surface area contributed by atoms with E-state index in [9.17, 15) is 18.0 Å². The molecule has 8 nitrogen and oxygen atoms in total. The molecule has 134 valence electrons. The molecular weight excluding hydrogens is 348 g/mol. The van der Waals surface area contributed by atoms with Gasteiger partial charge in [-0.2, -0.15) is 0 Å². The molecule has 1 aromatic heterocycles. The number of hydrogen-bond acceptors (Lipinski definition) is 6. The van der Waals surface area contributed by atoms with Crippen molar-refractivity contribution in [3.05, 3.63) is 47.9 Å². The molecule has 1 heterocycles. The molecule has 0 aliphatic rings. The number of sulfonamides is 1. The average Bonchev–Trinajstić information content (AvgIpc) is 3.08. The van der Waals surface area contributed by atoms with E-state index in [0.717, 1.165) is 4.31 Å². The van der Waals surface area contributed by atoms with Crippen molar-refractivity contribution in [2.24, 2.45) is 0 Å². The first-order valence-corrected chi connectivity index (χ1v) is 8.68. The lowest BCUT2D eigenvalue weighted by Crippen LogP contribution is -2.24. The fraction of sp³-hybridized carbons (Fsp3) is 0.250. The molecule has 0 bridgehead atoms. The number of nitrogens with zero attached hydrogens (tertiary/aromatic N) is 1. The summed E-state index contributed by atoms with van der Waals surface area (Å²) in [5.74, 6) is -1.28. The van der Waals surface area contributed by atoms with Crippen molar-refractivity contribution < 1.29 is 27.2 Å². The highest BCUT2D eigenvalue weighted by Crippen LogP contribution is 2.22. The maximum absolute atomic E-state index is 12.3. The van der Waals surface area contributed by atoms with Gasteiger partial charge in [0.2, 0.25) is 10.0 Å². The molecule has 0 saturated heterocycles. The summed E-state index contributed by atoms with van der Waals surface area (Å²) >= 11 is 0. The van der Waals surface area contributed by atoms with E-state index in [2.05, 4.69) is 5.32 Å². The molecule has 0 unspecified atom stereocenters. The maximum atomic E-state index is 12.3. The van der Waals surface area contributed by atoms with Crippen LogP contribution in [0.4, 0.5) is 5.69 Å². The zero-order chi connectivity index (χ0) is 18.6. The largest absolute Gasteiger partial charge is 0.472 e. The molecule has 0 spiro atoms. The Labute approximate surface area is 145 Å². The molecule has 2 rings (SSSR count). The van der Waals surface area contributed by atoms with Crippen LogP contribution in [-0.4, -0.2) is 45.3 Å². The van der Waals surface area contributed by atoms with Crippen LogP contribution >= 0.6 is 0 Å². The molecule has 0 saturated carbocycles. The van der Waals surface area contributed by atoms with Crippen molar-refractivity contribution >= 4 is 27.6 Å². The van der Waals surface area contributed by atoms with Gasteiger partial charge in [-0.05, 0) is 30.7 Å². The zero-order valence-electron chi connectivity index (χ0n) is 14.0. The van der Waals surface area contributed by atoms with Crippen LogP contribution in [0.25, 0.3) is 0 Å². The summed E-state index contributed by atoms with van der Waals surface area (Å²) in [6, 6.07) is 5.93. The van der Waals surface area contributed by atoms with Crippen molar-refractivity contribution in [1.29, 1.82) is 0 Å². The second-order valence-corrected chi connectivity index (χ2v) is 7.52. The van der Waals surface area contributed by atoms with E-state index < -0.39 is 28.5 Å². The topological polar surface area (TPSA) is 106 Å². The summed E-state index contributed by atoms with van der Waals surface area (Å²) in [4.78, 5) is 23.6. The number of aryl methyl sites for hydroxylation is 1. The van der Waals surface area contributed by atoms with Crippen molar-refractivity contribution in [1.82, 2.24) is 4.31 Å². The number of benzene rings is 1. The number of rotatable bonds is 6. The molecule has 1 amide bonds. The Morgan fingerprint density at radius 3 is 2.56 bits per heavy atom. The number of anilines is 1. The minimum absolute atomic E-state index is 0.0886. The van der Waals surface area contributed by atoms with Gasteiger partial charge in [0.05, 0.1) is 16.7 Å². The minimum atomic E-state index is -3.63. The summed E-state index contributed by atoms with van der Waals surface area (Å²) < 4.78 is 35.2. The molecule has 9 heteroatoms. The molecule has 0 aliphatic heterocycles. The smallest absolute Gasteiger partial charge is 0.341 e. The normalized spacial score (nSPS) is 11.4. The SMILES string of the molecule is Cc1ccc(NC(=O)COC(=O)c2ccoc2)cc1S(=O)(=O)N(C)C. The van der Waals surface area contributed by atoms with Gasteiger partial charge in [-0.15, -0.1) is 0 Å². The second-order valence-electron chi connectivity index (χ2n) is 5.40. The van der Waals surface area contributed by atoms with E-state index in [-0.39, 0.29) is 16.1 Å². The number of nitrogens with one attached hydrogen (secondary N) is 1. The van der Waals surface area contributed by atoms with E-state index >= 15 is 0 Å². The van der Waals surface area contributed by atoms with Gasteiger partial charge in [0.1, 0.15) is 6.26 Å². The van der Waals surface area contributed by atoms with Gasteiger partial charge in [-0.1, -0.05) is 6.07 Å². The summed E-state index contributed by atoms with van der Waals surface area (Å²) in [5, 5.41) is 2.50. The standard InChI is InChI=1S/C16H18N2O6S/c1-11-4-5-13(8-14(11)25(21,22)18(2)3)17-15(19)10-24-16(20)12-6-7-23-9-12/h4-9H,10H2,1-3H3,(H,17,19). The van der Waals surface area contributed by atoms with Crippen LogP contribution in [0.5, 0.6) is 0 Å². The van der Waals surface area contributed by atoms with E-state index in [4.69, 9.17) is 9.15 Å². The molecule has 1 aromatic carbocycles. The Bertz CT molecular complexity index is 872. The summed E-state index contributed by atoms with van der Waals surface area (Å²) in [6.07, 6.45) is 2.52. The number of ether oxygens (including phenoxy) is 1. The highest BCUT2D eigenvalue weighted by molar-refractivity contribution is 7.89. The fourth-order valence-electron chi connectivity index (χ4n) is 1.94. The molecule has 0 aliphatic carbocycles. The van der Waals surface area contributed by atoms with Gasteiger partial charge in [0, 0.05) is 19.8 Å². The Balaban J connectivity index is 2.05. The monoisotopic (exact) mass is 366 g/mol. The highest BCUT2D eigenvalue weighted by Gasteiger charge is 2.20. The van der Waals surface area contributed by atoms with Crippen LogP contribution in [0.2, 0.25) is 0 Å². The first-order chi connectivity index (χ1) is 11.7. The number of hydrogen-bond donors (Lipinski definition) is 1. The van der Waals surface area contributed by atoms with Gasteiger partial charge < -0.3 is 14.5 Å². The molecule has 2 aromatic rings. The molecular formula is C16H18N2O6S. The molecule has 0 fully saturated rings. The number of carbonyl (C=O) groups is 2. The Kier molecular flexibility index (Phi) is 5.60. The number of furan rings is 1. The summed E-state index contributed by atoms with van der Waals surface area (Å²) in [7, 11) is -0.783. The van der Waals surface area contributed by atoms with E-state index in [0.29, 0.717) is 5.56 Å². The Morgan fingerprint density at radius 2 is 1.96 bits per heavy atom. The van der Waals surface area contributed by atoms with Crippen molar-refractivity contribution in [2.75, 3.05) is 26.0 Å². The van der Waals surface area contributed by atoms with E-state index in [1.54, 1.807) is 19.1 Å². The highest BCUT2D eigenvalue weighted by atomic mass is 32.2. The van der Waals surface area contributed by atoms with Gasteiger partial charge >= 0.3 is 5.97 Å². The molecule has 25 heavy (non-hydrogen) atoms.